The molecule has 3 aromatic heterocycles. The number of aromatic nitrogens is 3. The number of amides is 1. The van der Waals surface area contributed by atoms with E-state index in [1.807, 2.05) is 0 Å². The lowest BCUT2D eigenvalue weighted by Crippen LogP contribution is -2.25. The minimum absolute atomic E-state index is 0.0461. The van der Waals surface area contributed by atoms with Gasteiger partial charge in [-0.25, -0.2) is 9.37 Å². The number of carbonyl (C=O) groups is 1. The van der Waals surface area contributed by atoms with E-state index in [9.17, 15) is 35.5 Å². The van der Waals surface area contributed by atoms with Crippen LogP contribution in [0.4, 0.5) is 36.6 Å². The first-order valence-electron chi connectivity index (χ1n) is 8.44. The van der Waals surface area contributed by atoms with Crippen LogP contribution in [0, 0.1) is 11.7 Å². The highest BCUT2D eigenvalue weighted by atomic mass is 19.4. The fourth-order valence-corrected chi connectivity index (χ4v) is 2.66. The zero-order chi connectivity index (χ0) is 22.3. The lowest BCUT2D eigenvalue weighted by atomic mass is 10.1. The summed E-state index contributed by atoms with van der Waals surface area (Å²) in [5.74, 6) is -4.11. The SMILES string of the molecule is CC(CC(=O)Nc1nc2ccc(F)cn2c1-c1cc(C(F)(F)F)ccn1)C(F)(F)F. The van der Waals surface area contributed by atoms with Gasteiger partial charge >= 0.3 is 12.4 Å². The fourth-order valence-electron chi connectivity index (χ4n) is 2.66. The smallest absolute Gasteiger partial charge is 0.309 e. The van der Waals surface area contributed by atoms with Crippen LogP contribution in [0.25, 0.3) is 17.0 Å². The van der Waals surface area contributed by atoms with Crippen LogP contribution < -0.4 is 5.32 Å². The number of halogens is 7. The first-order valence-corrected chi connectivity index (χ1v) is 8.44. The Hall–Kier alpha value is -3.18. The van der Waals surface area contributed by atoms with Crippen molar-refractivity contribution in [3.8, 4) is 11.4 Å². The number of alkyl halides is 6. The number of carbonyl (C=O) groups excluding carboxylic acids is 1. The summed E-state index contributed by atoms with van der Waals surface area (Å²) in [7, 11) is 0. The molecule has 160 valence electrons. The second-order valence-corrected chi connectivity index (χ2v) is 6.51. The Morgan fingerprint density at radius 1 is 1.17 bits per heavy atom. The van der Waals surface area contributed by atoms with Crippen LogP contribution in [0.3, 0.4) is 0 Å². The topological polar surface area (TPSA) is 59.3 Å². The van der Waals surface area contributed by atoms with E-state index in [4.69, 9.17) is 0 Å². The molecule has 0 fully saturated rings. The molecule has 0 aliphatic carbocycles. The number of nitrogens with one attached hydrogen (secondary N) is 1. The van der Waals surface area contributed by atoms with Gasteiger partial charge in [-0.2, -0.15) is 26.3 Å². The minimum atomic E-state index is -4.70. The number of imidazole rings is 1. The number of pyridine rings is 2. The standard InChI is InChI=1S/C18H13F7N4O/c1-9(17(20,21)22)6-14(30)28-16-15(29-8-11(19)2-3-13(29)27-16)12-7-10(4-5-26-12)18(23,24)25/h2-5,7-9H,6H2,1H3,(H,28,30). The maximum atomic E-state index is 13.7. The minimum Gasteiger partial charge on any atom is -0.309 e. The maximum absolute atomic E-state index is 13.7. The Balaban J connectivity index is 2.07. The van der Waals surface area contributed by atoms with Crippen LogP contribution in [-0.4, -0.2) is 26.5 Å². The fraction of sp³-hybridized carbons (Fsp3) is 0.278. The van der Waals surface area contributed by atoms with E-state index in [1.165, 1.54) is 6.07 Å². The van der Waals surface area contributed by atoms with E-state index in [0.717, 1.165) is 35.9 Å². The highest BCUT2D eigenvalue weighted by molar-refractivity contribution is 5.94. The molecule has 3 heterocycles. The van der Waals surface area contributed by atoms with Gasteiger partial charge in [-0.1, -0.05) is 6.92 Å². The largest absolute Gasteiger partial charge is 0.416 e. The van der Waals surface area contributed by atoms with Crippen molar-refractivity contribution in [1.29, 1.82) is 0 Å². The third-order valence-electron chi connectivity index (χ3n) is 4.22. The van der Waals surface area contributed by atoms with Crippen molar-refractivity contribution in [3.05, 3.63) is 48.0 Å². The Labute approximate surface area is 164 Å². The van der Waals surface area contributed by atoms with Gasteiger partial charge in [0.25, 0.3) is 0 Å². The lowest BCUT2D eigenvalue weighted by Gasteiger charge is -2.15. The van der Waals surface area contributed by atoms with Gasteiger partial charge in [0.05, 0.1) is 17.2 Å². The second-order valence-electron chi connectivity index (χ2n) is 6.51. The van der Waals surface area contributed by atoms with Crippen LogP contribution in [0.1, 0.15) is 18.9 Å². The van der Waals surface area contributed by atoms with Crippen molar-refractivity contribution < 1.29 is 35.5 Å². The Bertz CT molecular complexity index is 1090. The normalized spacial score (nSPS) is 13.5. The molecule has 0 spiro atoms. The van der Waals surface area contributed by atoms with Crippen molar-refractivity contribution in [2.24, 2.45) is 5.92 Å². The molecule has 1 N–H and O–H groups in total. The molecular formula is C18H13F7N4O. The molecule has 3 aromatic rings. The molecule has 0 radical (unpaired) electrons. The lowest BCUT2D eigenvalue weighted by molar-refractivity contribution is -0.173. The predicted molar refractivity (Wildman–Crippen MR) is 91.8 cm³/mol. The third-order valence-corrected chi connectivity index (χ3v) is 4.22. The summed E-state index contributed by atoms with van der Waals surface area (Å²) in [6, 6.07) is 3.61. The summed E-state index contributed by atoms with van der Waals surface area (Å²) in [5, 5.41) is 2.16. The number of hydrogen-bond acceptors (Lipinski definition) is 3. The van der Waals surface area contributed by atoms with Gasteiger partial charge in [0.2, 0.25) is 5.91 Å². The molecule has 0 saturated carbocycles. The van der Waals surface area contributed by atoms with E-state index in [2.05, 4.69) is 15.3 Å². The maximum Gasteiger partial charge on any atom is 0.416 e. The van der Waals surface area contributed by atoms with Gasteiger partial charge in [-0.3, -0.25) is 14.2 Å². The molecule has 12 heteroatoms. The predicted octanol–water partition coefficient (Wildman–Crippen LogP) is 5.08. The van der Waals surface area contributed by atoms with Crippen LogP contribution >= 0.6 is 0 Å². The molecule has 1 atom stereocenters. The molecule has 1 amide bonds. The molecule has 1 unspecified atom stereocenters. The van der Waals surface area contributed by atoms with Gasteiger partial charge < -0.3 is 5.32 Å². The average molecular weight is 434 g/mol. The first-order chi connectivity index (χ1) is 13.9. The van der Waals surface area contributed by atoms with Crippen molar-refractivity contribution in [3.63, 3.8) is 0 Å². The summed E-state index contributed by atoms with van der Waals surface area (Å²) < 4.78 is 92.1. The van der Waals surface area contributed by atoms with E-state index >= 15 is 0 Å². The number of rotatable bonds is 4. The van der Waals surface area contributed by atoms with Crippen LogP contribution in [0.5, 0.6) is 0 Å². The molecule has 0 saturated heterocycles. The quantitative estimate of drug-likeness (QED) is 0.583. The highest BCUT2D eigenvalue weighted by Crippen LogP contribution is 2.34. The van der Waals surface area contributed by atoms with Crippen molar-refractivity contribution in [1.82, 2.24) is 14.4 Å². The van der Waals surface area contributed by atoms with Crippen molar-refractivity contribution in [2.45, 2.75) is 25.7 Å². The van der Waals surface area contributed by atoms with E-state index < -0.39 is 42.0 Å². The van der Waals surface area contributed by atoms with Gasteiger partial charge in [0.15, 0.2) is 5.82 Å². The number of hydrogen-bond donors (Lipinski definition) is 1. The van der Waals surface area contributed by atoms with Gasteiger partial charge in [0, 0.05) is 18.8 Å². The van der Waals surface area contributed by atoms with E-state index in [1.54, 1.807) is 0 Å². The molecule has 30 heavy (non-hydrogen) atoms. The van der Waals surface area contributed by atoms with Gasteiger partial charge in [0.1, 0.15) is 17.2 Å². The highest BCUT2D eigenvalue weighted by Gasteiger charge is 2.37. The summed E-state index contributed by atoms with van der Waals surface area (Å²) in [6.07, 6.45) is -8.46. The third kappa shape index (κ3) is 4.52. The van der Waals surface area contributed by atoms with Crippen LogP contribution in [0.15, 0.2) is 36.7 Å². The van der Waals surface area contributed by atoms with Gasteiger partial charge in [-0.15, -0.1) is 0 Å². The number of nitrogens with zero attached hydrogens (tertiary/aromatic N) is 3. The molecule has 5 nitrogen and oxygen atoms in total. The number of fused-ring (bicyclic) bond motifs is 1. The van der Waals surface area contributed by atoms with Crippen LogP contribution in [-0.2, 0) is 11.0 Å². The zero-order valence-corrected chi connectivity index (χ0v) is 15.1. The zero-order valence-electron chi connectivity index (χ0n) is 15.1. The van der Waals surface area contributed by atoms with Crippen molar-refractivity contribution >= 4 is 17.4 Å². The Kier molecular flexibility index (Phi) is 5.44. The summed E-state index contributed by atoms with van der Waals surface area (Å²) in [6.45, 7) is 0.813. The summed E-state index contributed by atoms with van der Waals surface area (Å²) in [5.41, 5.74) is -1.52. The summed E-state index contributed by atoms with van der Waals surface area (Å²) >= 11 is 0. The Morgan fingerprint density at radius 3 is 2.50 bits per heavy atom. The molecule has 0 aliphatic rings. The summed E-state index contributed by atoms with van der Waals surface area (Å²) in [4.78, 5) is 19.9. The van der Waals surface area contributed by atoms with E-state index in [-0.39, 0.29) is 22.9 Å². The molecular weight excluding hydrogens is 421 g/mol. The van der Waals surface area contributed by atoms with Crippen LogP contribution in [0.2, 0.25) is 0 Å². The molecule has 0 bridgehead atoms. The number of anilines is 1. The van der Waals surface area contributed by atoms with Crippen molar-refractivity contribution in [2.75, 3.05) is 5.32 Å². The molecule has 0 aliphatic heterocycles. The molecule has 0 aromatic carbocycles. The average Bonchev–Trinajstić information content (AvgIpc) is 2.97. The molecule has 3 rings (SSSR count). The van der Waals surface area contributed by atoms with Gasteiger partial charge in [-0.05, 0) is 24.3 Å². The van der Waals surface area contributed by atoms with E-state index in [0.29, 0.717) is 6.07 Å². The second kappa shape index (κ2) is 7.58. The monoisotopic (exact) mass is 434 g/mol. The first kappa shape index (κ1) is 21.5. The Morgan fingerprint density at radius 2 is 1.87 bits per heavy atom.